The van der Waals surface area contributed by atoms with Crippen molar-refractivity contribution in [3.05, 3.63) is 57.5 Å². The number of carbonyl (C=O) groups is 2. The molecule has 2 rings (SSSR count). The van der Waals surface area contributed by atoms with Crippen LogP contribution in [0.2, 0.25) is 5.02 Å². The van der Waals surface area contributed by atoms with Crippen molar-refractivity contribution in [3.63, 3.8) is 0 Å². The first kappa shape index (κ1) is 26.0. The molecule has 2 amide bonds. The molecule has 174 valence electrons. The summed E-state index contributed by atoms with van der Waals surface area (Å²) in [5.74, 6) is 0.801. The van der Waals surface area contributed by atoms with E-state index in [0.717, 1.165) is 24.2 Å². The molecular weight excluding hydrogens is 496 g/mol. The molecule has 0 bridgehead atoms. The van der Waals surface area contributed by atoms with Crippen molar-refractivity contribution in [3.8, 4) is 11.5 Å². The standard InChI is InChI=1S/C24H30BrClN2O4/c1-4-6-13-27-24(30)21(5-2)28(15-17-7-10-19(31-3)11-8-17)23(29)16-32-22-12-9-18(26)14-20(22)25/h7-12,14,21H,4-6,13,15-16H2,1-3H3,(H,27,30)/t21-/m0/s1. The first-order chi connectivity index (χ1) is 15.4. The van der Waals surface area contributed by atoms with E-state index in [9.17, 15) is 9.59 Å². The third-order valence-electron chi connectivity index (χ3n) is 4.97. The molecule has 6 nitrogen and oxygen atoms in total. The molecule has 32 heavy (non-hydrogen) atoms. The SMILES string of the molecule is CCCCNC(=O)[C@H](CC)N(Cc1ccc(OC)cc1)C(=O)COc1ccc(Cl)cc1Br. The van der Waals surface area contributed by atoms with Gasteiger partial charge >= 0.3 is 0 Å². The summed E-state index contributed by atoms with van der Waals surface area (Å²) in [6, 6.07) is 11.9. The third kappa shape index (κ3) is 7.71. The summed E-state index contributed by atoms with van der Waals surface area (Å²) in [7, 11) is 1.60. The molecule has 2 aromatic carbocycles. The van der Waals surface area contributed by atoms with Crippen LogP contribution >= 0.6 is 27.5 Å². The lowest BCUT2D eigenvalue weighted by Gasteiger charge is -2.30. The summed E-state index contributed by atoms with van der Waals surface area (Å²) >= 11 is 9.37. The molecule has 0 fully saturated rings. The highest BCUT2D eigenvalue weighted by atomic mass is 79.9. The molecule has 0 aliphatic heterocycles. The molecule has 0 aromatic heterocycles. The van der Waals surface area contributed by atoms with Crippen LogP contribution in [0.3, 0.4) is 0 Å². The van der Waals surface area contributed by atoms with Crippen LogP contribution in [0, 0.1) is 0 Å². The van der Waals surface area contributed by atoms with Crippen LogP contribution in [0.15, 0.2) is 46.9 Å². The number of ether oxygens (including phenoxy) is 2. The van der Waals surface area contributed by atoms with Gasteiger partial charge in [-0.1, -0.05) is 44.0 Å². The first-order valence-corrected chi connectivity index (χ1v) is 11.8. The maximum atomic E-state index is 13.2. The van der Waals surface area contributed by atoms with E-state index in [-0.39, 0.29) is 25.0 Å². The molecule has 1 N–H and O–H groups in total. The molecule has 0 aliphatic rings. The minimum absolute atomic E-state index is 0.157. The van der Waals surface area contributed by atoms with Gasteiger partial charge < -0.3 is 19.7 Å². The average Bonchev–Trinajstić information content (AvgIpc) is 2.78. The van der Waals surface area contributed by atoms with Crippen LogP contribution in [-0.2, 0) is 16.1 Å². The Morgan fingerprint density at radius 2 is 1.88 bits per heavy atom. The van der Waals surface area contributed by atoms with Gasteiger partial charge in [0.05, 0.1) is 11.6 Å². The number of hydrogen-bond acceptors (Lipinski definition) is 4. The fourth-order valence-electron chi connectivity index (χ4n) is 3.17. The smallest absolute Gasteiger partial charge is 0.261 e. The van der Waals surface area contributed by atoms with E-state index >= 15 is 0 Å². The van der Waals surface area contributed by atoms with E-state index in [1.54, 1.807) is 30.2 Å². The highest BCUT2D eigenvalue weighted by Gasteiger charge is 2.29. The van der Waals surface area contributed by atoms with Gasteiger partial charge in [0.1, 0.15) is 17.5 Å². The lowest BCUT2D eigenvalue weighted by molar-refractivity contribution is -0.143. The average molecular weight is 526 g/mol. The number of halogens is 2. The molecule has 2 aromatic rings. The van der Waals surface area contributed by atoms with Gasteiger partial charge in [-0.25, -0.2) is 0 Å². The summed E-state index contributed by atoms with van der Waals surface area (Å²) in [6.45, 7) is 4.64. The molecule has 8 heteroatoms. The normalized spacial score (nSPS) is 11.5. The summed E-state index contributed by atoms with van der Waals surface area (Å²) in [5.41, 5.74) is 0.895. The summed E-state index contributed by atoms with van der Waals surface area (Å²) in [6.07, 6.45) is 2.36. The minimum atomic E-state index is -0.598. The number of hydrogen-bond donors (Lipinski definition) is 1. The van der Waals surface area contributed by atoms with Crippen molar-refractivity contribution in [1.29, 1.82) is 0 Å². The second kappa shape index (κ2) is 13.3. The number of unbranched alkanes of at least 4 members (excludes halogenated alkanes) is 1. The van der Waals surface area contributed by atoms with Crippen LogP contribution < -0.4 is 14.8 Å². The Bertz CT molecular complexity index is 892. The van der Waals surface area contributed by atoms with Gasteiger partial charge in [-0.15, -0.1) is 0 Å². The van der Waals surface area contributed by atoms with Gasteiger partial charge in [0.15, 0.2) is 6.61 Å². The van der Waals surface area contributed by atoms with Crippen LogP contribution in [-0.4, -0.2) is 43.0 Å². The Hall–Kier alpha value is -2.25. The number of nitrogens with zero attached hydrogens (tertiary/aromatic N) is 1. The highest BCUT2D eigenvalue weighted by molar-refractivity contribution is 9.10. The number of benzene rings is 2. The van der Waals surface area contributed by atoms with Gasteiger partial charge in [0.2, 0.25) is 5.91 Å². The zero-order valence-corrected chi connectivity index (χ0v) is 21.0. The molecular formula is C24H30BrClN2O4. The van der Waals surface area contributed by atoms with Crippen LogP contribution in [0.25, 0.3) is 0 Å². The molecule has 0 saturated heterocycles. The van der Waals surface area contributed by atoms with E-state index in [1.165, 1.54) is 0 Å². The number of nitrogens with one attached hydrogen (secondary N) is 1. The summed E-state index contributed by atoms with van der Waals surface area (Å²) in [5, 5.41) is 3.51. The van der Waals surface area contributed by atoms with Crippen LogP contribution in [0.4, 0.5) is 0 Å². The van der Waals surface area contributed by atoms with Crippen molar-refractivity contribution in [2.24, 2.45) is 0 Å². The predicted molar refractivity (Wildman–Crippen MR) is 130 cm³/mol. The second-order valence-electron chi connectivity index (χ2n) is 7.30. The third-order valence-corrected chi connectivity index (χ3v) is 5.83. The molecule has 0 saturated carbocycles. The predicted octanol–water partition coefficient (Wildman–Crippen LogP) is 5.21. The minimum Gasteiger partial charge on any atom is -0.497 e. The molecule has 1 atom stereocenters. The zero-order valence-electron chi connectivity index (χ0n) is 18.7. The van der Waals surface area contributed by atoms with E-state index in [4.69, 9.17) is 21.1 Å². The molecule has 0 unspecified atom stereocenters. The lowest BCUT2D eigenvalue weighted by Crippen LogP contribution is -2.50. The fraction of sp³-hybridized carbons (Fsp3) is 0.417. The maximum absolute atomic E-state index is 13.2. The Kier molecular flexibility index (Phi) is 10.8. The van der Waals surface area contributed by atoms with Crippen LogP contribution in [0.1, 0.15) is 38.7 Å². The van der Waals surface area contributed by atoms with Crippen molar-refractivity contribution in [2.75, 3.05) is 20.3 Å². The number of methoxy groups -OCH3 is 1. The van der Waals surface area contributed by atoms with Crippen molar-refractivity contribution >= 4 is 39.3 Å². The van der Waals surface area contributed by atoms with Crippen molar-refractivity contribution in [2.45, 2.75) is 45.7 Å². The first-order valence-electron chi connectivity index (χ1n) is 10.7. The number of amides is 2. The summed E-state index contributed by atoms with van der Waals surface area (Å²) < 4.78 is 11.6. The van der Waals surface area contributed by atoms with Crippen LogP contribution in [0.5, 0.6) is 11.5 Å². The van der Waals surface area contributed by atoms with Gasteiger partial charge in [0.25, 0.3) is 5.91 Å². The van der Waals surface area contributed by atoms with Gasteiger partial charge in [-0.05, 0) is 64.7 Å². The molecule has 0 heterocycles. The zero-order chi connectivity index (χ0) is 23.5. The van der Waals surface area contributed by atoms with Gasteiger partial charge in [-0.2, -0.15) is 0 Å². The van der Waals surface area contributed by atoms with E-state index in [2.05, 4.69) is 28.2 Å². The lowest BCUT2D eigenvalue weighted by atomic mass is 10.1. The monoisotopic (exact) mass is 524 g/mol. The summed E-state index contributed by atoms with van der Waals surface area (Å²) in [4.78, 5) is 27.7. The van der Waals surface area contributed by atoms with Gasteiger partial charge in [0, 0.05) is 18.1 Å². The molecule has 0 spiro atoms. The Morgan fingerprint density at radius 1 is 1.16 bits per heavy atom. The quantitative estimate of drug-likeness (QED) is 0.386. The van der Waals surface area contributed by atoms with Gasteiger partial charge in [-0.3, -0.25) is 9.59 Å². The Labute approximate surface area is 203 Å². The highest BCUT2D eigenvalue weighted by Crippen LogP contribution is 2.28. The van der Waals surface area contributed by atoms with E-state index < -0.39 is 6.04 Å². The molecule has 0 aliphatic carbocycles. The molecule has 0 radical (unpaired) electrons. The van der Waals surface area contributed by atoms with E-state index in [0.29, 0.717) is 28.2 Å². The van der Waals surface area contributed by atoms with E-state index in [1.807, 2.05) is 31.2 Å². The topological polar surface area (TPSA) is 67.9 Å². The number of rotatable bonds is 12. The largest absolute Gasteiger partial charge is 0.497 e. The van der Waals surface area contributed by atoms with Crippen molar-refractivity contribution < 1.29 is 19.1 Å². The fourth-order valence-corrected chi connectivity index (χ4v) is 3.97. The van der Waals surface area contributed by atoms with Crippen molar-refractivity contribution in [1.82, 2.24) is 10.2 Å². The Morgan fingerprint density at radius 3 is 2.47 bits per heavy atom. The Balaban J connectivity index is 2.19. The number of carbonyl (C=O) groups excluding carboxylic acids is 2. The maximum Gasteiger partial charge on any atom is 0.261 e. The second-order valence-corrected chi connectivity index (χ2v) is 8.59.